The number of rotatable bonds is 2. The van der Waals surface area contributed by atoms with Crippen LogP contribution in [-0.2, 0) is 0 Å². The van der Waals surface area contributed by atoms with Crippen molar-refractivity contribution in [1.29, 1.82) is 0 Å². The topological polar surface area (TPSA) is 40.9 Å². The molecule has 1 aromatic carbocycles. The average Bonchev–Trinajstić information content (AvgIpc) is 2.97. The van der Waals surface area contributed by atoms with E-state index in [9.17, 15) is 8.78 Å². The number of nitrogens with zero attached hydrogens (tertiary/aromatic N) is 4. The molecule has 122 valence electrons. The van der Waals surface area contributed by atoms with Crippen LogP contribution in [0.25, 0.3) is 10.9 Å². The number of hydrogen-bond acceptors (Lipinski definition) is 4. The molecule has 0 N–H and O–H groups in total. The SMILES string of the molecule is C[C@@H](c1c(F)cc2ncccc2c1F)C1CN=C2C=CC(Cl)=NN21. The lowest BCUT2D eigenvalue weighted by Gasteiger charge is -2.29. The zero-order valence-electron chi connectivity index (χ0n) is 12.7. The van der Waals surface area contributed by atoms with Crippen LogP contribution in [0.1, 0.15) is 18.4 Å². The van der Waals surface area contributed by atoms with Crippen LogP contribution in [0.2, 0.25) is 0 Å². The zero-order valence-corrected chi connectivity index (χ0v) is 13.5. The zero-order chi connectivity index (χ0) is 16.8. The summed E-state index contributed by atoms with van der Waals surface area (Å²) in [5.74, 6) is -1.00. The van der Waals surface area contributed by atoms with Gasteiger partial charge in [-0.15, -0.1) is 0 Å². The van der Waals surface area contributed by atoms with Gasteiger partial charge in [0.2, 0.25) is 0 Å². The summed E-state index contributed by atoms with van der Waals surface area (Å²) >= 11 is 5.95. The van der Waals surface area contributed by atoms with Gasteiger partial charge >= 0.3 is 0 Å². The molecule has 24 heavy (non-hydrogen) atoms. The lowest BCUT2D eigenvalue weighted by Crippen LogP contribution is -2.37. The molecule has 2 aliphatic rings. The molecule has 7 heteroatoms. The quantitative estimate of drug-likeness (QED) is 0.829. The van der Waals surface area contributed by atoms with Crippen LogP contribution in [-0.4, -0.2) is 33.6 Å². The van der Waals surface area contributed by atoms with Crippen molar-refractivity contribution < 1.29 is 8.78 Å². The molecule has 0 saturated heterocycles. The van der Waals surface area contributed by atoms with E-state index in [2.05, 4.69) is 15.1 Å². The van der Waals surface area contributed by atoms with Gasteiger partial charge < -0.3 is 0 Å². The molecule has 0 fully saturated rings. The number of benzene rings is 1. The third-order valence-electron chi connectivity index (χ3n) is 4.43. The Hall–Kier alpha value is -2.34. The summed E-state index contributed by atoms with van der Waals surface area (Å²) in [4.78, 5) is 8.39. The van der Waals surface area contributed by atoms with Gasteiger partial charge in [0.15, 0.2) is 0 Å². The van der Waals surface area contributed by atoms with Crippen molar-refractivity contribution in [3.63, 3.8) is 0 Å². The molecule has 0 spiro atoms. The fraction of sp³-hybridized carbons (Fsp3) is 0.235. The first-order chi connectivity index (χ1) is 11.6. The van der Waals surface area contributed by atoms with Crippen LogP contribution in [0, 0.1) is 11.6 Å². The molecule has 4 nitrogen and oxygen atoms in total. The molecule has 3 heterocycles. The van der Waals surface area contributed by atoms with Crippen molar-refractivity contribution in [1.82, 2.24) is 9.99 Å². The molecule has 0 saturated carbocycles. The van der Waals surface area contributed by atoms with Gasteiger partial charge in [-0.1, -0.05) is 18.5 Å². The molecule has 0 amide bonds. The molecule has 2 aliphatic heterocycles. The van der Waals surface area contributed by atoms with E-state index in [-0.39, 0.29) is 11.6 Å². The van der Waals surface area contributed by atoms with Crippen LogP contribution in [0.15, 0.2) is 46.6 Å². The maximum Gasteiger partial charge on any atom is 0.149 e. The fourth-order valence-corrected chi connectivity index (χ4v) is 3.33. The summed E-state index contributed by atoms with van der Waals surface area (Å²) in [5, 5.41) is 6.49. The Morgan fingerprint density at radius 3 is 3.00 bits per heavy atom. The van der Waals surface area contributed by atoms with E-state index in [4.69, 9.17) is 11.6 Å². The second kappa shape index (κ2) is 5.63. The average molecular weight is 347 g/mol. The first kappa shape index (κ1) is 15.2. The third kappa shape index (κ3) is 2.29. The van der Waals surface area contributed by atoms with E-state index in [0.717, 1.165) is 0 Å². The van der Waals surface area contributed by atoms with Crippen molar-refractivity contribution in [2.75, 3.05) is 6.54 Å². The molecular formula is C17H13ClF2N4. The second-order valence-corrected chi connectivity index (χ2v) is 6.20. The first-order valence-corrected chi connectivity index (χ1v) is 7.92. The van der Waals surface area contributed by atoms with Crippen molar-refractivity contribution in [3.8, 4) is 0 Å². The van der Waals surface area contributed by atoms with Crippen LogP contribution in [0.4, 0.5) is 8.78 Å². The van der Waals surface area contributed by atoms with Gasteiger partial charge in [-0.2, -0.15) is 5.10 Å². The van der Waals surface area contributed by atoms with E-state index in [0.29, 0.717) is 28.5 Å². The van der Waals surface area contributed by atoms with E-state index < -0.39 is 17.6 Å². The minimum absolute atomic E-state index is 0.0258. The molecule has 2 atom stereocenters. The predicted molar refractivity (Wildman–Crippen MR) is 90.4 cm³/mol. The number of aliphatic imine (C=N–C) groups is 1. The number of fused-ring (bicyclic) bond motifs is 2. The molecule has 2 aromatic rings. The standard InChI is InChI=1S/C17H13ClF2N4/c1-9(13-8-22-15-5-4-14(18)23-24(13)15)16-11(19)7-12-10(17(16)20)3-2-6-21-12/h2-7,9,13H,8H2,1H3/t9-,13?/m1/s1. The number of aromatic nitrogens is 1. The van der Waals surface area contributed by atoms with Crippen LogP contribution in [0.3, 0.4) is 0 Å². The Morgan fingerprint density at radius 2 is 2.17 bits per heavy atom. The minimum Gasteiger partial charge on any atom is -0.265 e. The van der Waals surface area contributed by atoms with Gasteiger partial charge in [0.05, 0.1) is 18.1 Å². The highest BCUT2D eigenvalue weighted by Gasteiger charge is 2.36. The summed E-state index contributed by atoms with van der Waals surface area (Å²) in [7, 11) is 0. The summed E-state index contributed by atoms with van der Waals surface area (Å²) in [6, 6.07) is 4.21. The molecule has 0 bridgehead atoms. The van der Waals surface area contributed by atoms with Crippen LogP contribution >= 0.6 is 11.6 Å². The normalized spacial score (nSPS) is 20.8. The van der Waals surface area contributed by atoms with Gasteiger partial charge in [-0.3, -0.25) is 9.98 Å². The largest absolute Gasteiger partial charge is 0.265 e. The summed E-state index contributed by atoms with van der Waals surface area (Å²) in [6.45, 7) is 2.17. The number of allylic oxidation sites excluding steroid dienone is 1. The molecule has 1 unspecified atom stereocenters. The van der Waals surface area contributed by atoms with Gasteiger partial charge in [0.25, 0.3) is 0 Å². The number of hydrazone groups is 1. The maximum absolute atomic E-state index is 14.9. The van der Waals surface area contributed by atoms with E-state index in [1.165, 1.54) is 12.3 Å². The van der Waals surface area contributed by atoms with Gasteiger partial charge in [0.1, 0.15) is 22.6 Å². The second-order valence-electron chi connectivity index (χ2n) is 5.81. The maximum atomic E-state index is 14.9. The Balaban J connectivity index is 1.77. The first-order valence-electron chi connectivity index (χ1n) is 7.54. The number of pyridine rings is 1. The lowest BCUT2D eigenvalue weighted by atomic mass is 9.91. The number of amidine groups is 1. The molecule has 0 radical (unpaired) electrons. The highest BCUT2D eigenvalue weighted by molar-refractivity contribution is 6.68. The van der Waals surface area contributed by atoms with Crippen LogP contribution < -0.4 is 0 Å². The van der Waals surface area contributed by atoms with Crippen molar-refractivity contribution >= 4 is 33.5 Å². The van der Waals surface area contributed by atoms with Gasteiger partial charge in [0, 0.05) is 29.1 Å². The summed E-state index contributed by atoms with van der Waals surface area (Å²) in [6.07, 6.45) is 4.91. The number of hydrogen-bond donors (Lipinski definition) is 0. The molecule has 0 aliphatic carbocycles. The Kier molecular flexibility index (Phi) is 3.57. The Labute approximate surface area is 142 Å². The molecule has 1 aromatic heterocycles. The number of halogens is 3. The Morgan fingerprint density at radius 1 is 1.33 bits per heavy atom. The monoisotopic (exact) mass is 346 g/mol. The Bertz CT molecular complexity index is 922. The molecule has 4 rings (SSSR count). The van der Waals surface area contributed by atoms with Gasteiger partial charge in [-0.05, 0) is 24.3 Å². The highest BCUT2D eigenvalue weighted by Crippen LogP contribution is 2.34. The van der Waals surface area contributed by atoms with Crippen molar-refractivity contribution in [2.24, 2.45) is 10.1 Å². The van der Waals surface area contributed by atoms with Crippen LogP contribution in [0.5, 0.6) is 0 Å². The predicted octanol–water partition coefficient (Wildman–Crippen LogP) is 3.82. The van der Waals surface area contributed by atoms with Crippen molar-refractivity contribution in [2.45, 2.75) is 18.9 Å². The summed E-state index contributed by atoms with van der Waals surface area (Å²) in [5.41, 5.74) is 0.326. The molecular weight excluding hydrogens is 334 g/mol. The minimum atomic E-state index is -0.609. The van der Waals surface area contributed by atoms with Crippen molar-refractivity contribution in [3.05, 3.63) is 53.7 Å². The van der Waals surface area contributed by atoms with E-state index >= 15 is 0 Å². The third-order valence-corrected chi connectivity index (χ3v) is 4.63. The van der Waals surface area contributed by atoms with Gasteiger partial charge in [-0.25, -0.2) is 13.8 Å². The van der Waals surface area contributed by atoms with E-state index in [1.807, 2.05) is 0 Å². The summed E-state index contributed by atoms with van der Waals surface area (Å²) < 4.78 is 29.5. The smallest absolute Gasteiger partial charge is 0.149 e. The lowest BCUT2D eigenvalue weighted by molar-refractivity contribution is 0.312. The highest BCUT2D eigenvalue weighted by atomic mass is 35.5. The van der Waals surface area contributed by atoms with E-state index in [1.54, 1.807) is 36.2 Å². The fourth-order valence-electron chi connectivity index (χ4n) is 3.19.